The predicted molar refractivity (Wildman–Crippen MR) is 130 cm³/mol. The van der Waals surface area contributed by atoms with Gasteiger partial charge >= 0.3 is 0 Å². The van der Waals surface area contributed by atoms with Crippen molar-refractivity contribution >= 4 is 18.7 Å². The van der Waals surface area contributed by atoms with Gasteiger partial charge in [0.05, 0.1) is 18.3 Å². The Balaban J connectivity index is 0.000000672. The van der Waals surface area contributed by atoms with E-state index in [-0.39, 0.29) is 28.7 Å². The zero-order valence-corrected chi connectivity index (χ0v) is 20.5. The number of nitrogens with one attached hydrogen (secondary N) is 2. The van der Waals surface area contributed by atoms with Crippen molar-refractivity contribution in [1.82, 2.24) is 20.0 Å². The molecule has 3 fully saturated rings. The molecule has 0 radical (unpaired) electrons. The molecule has 3 atom stereocenters. The van der Waals surface area contributed by atoms with Gasteiger partial charge in [-0.15, -0.1) is 0 Å². The summed E-state index contributed by atoms with van der Waals surface area (Å²) >= 11 is 1.78. The van der Waals surface area contributed by atoms with Crippen LogP contribution in [0.5, 0.6) is 0 Å². The summed E-state index contributed by atoms with van der Waals surface area (Å²) in [4.78, 5) is 9.26. The lowest BCUT2D eigenvalue weighted by atomic mass is 9.88. The van der Waals surface area contributed by atoms with Crippen molar-refractivity contribution in [1.29, 1.82) is 0 Å². The molecule has 10 nitrogen and oxygen atoms in total. The third-order valence-electron chi connectivity index (χ3n) is 6.16. The Hall–Kier alpha value is -1.12. The monoisotopic (exact) mass is 490 g/mol. The summed E-state index contributed by atoms with van der Waals surface area (Å²) in [5.74, 6) is 0. The highest BCUT2D eigenvalue weighted by atomic mass is 32.2. The number of hydroxylamine groups is 2. The lowest BCUT2D eigenvalue weighted by Gasteiger charge is -2.36. The van der Waals surface area contributed by atoms with Gasteiger partial charge in [-0.05, 0) is 70.4 Å². The minimum Gasteiger partial charge on any atom is -0.412 e. The molecule has 0 aliphatic carbocycles. The van der Waals surface area contributed by atoms with Gasteiger partial charge < -0.3 is 41.4 Å². The molecule has 3 aliphatic rings. The Bertz CT molecular complexity index is 624. The van der Waals surface area contributed by atoms with E-state index in [1.807, 2.05) is 19.9 Å². The lowest BCUT2D eigenvalue weighted by molar-refractivity contribution is -0.150. The van der Waals surface area contributed by atoms with Crippen molar-refractivity contribution in [3.8, 4) is 0 Å². The van der Waals surface area contributed by atoms with E-state index in [9.17, 15) is 10.3 Å². The number of nitrogens with zero attached hydrogens (tertiary/aromatic N) is 2. The van der Waals surface area contributed by atoms with Gasteiger partial charge in [0.25, 0.3) is 0 Å². The molecule has 1 spiro atoms. The zero-order chi connectivity index (χ0) is 22.7. The molecule has 0 aromatic heterocycles. The van der Waals surface area contributed by atoms with Crippen LogP contribution in [-0.4, -0.2) is 108 Å². The Morgan fingerprint density at radius 1 is 1.24 bits per heavy atom. The average Bonchev–Trinajstić information content (AvgIpc) is 3.23. The summed E-state index contributed by atoms with van der Waals surface area (Å²) in [5.41, 5.74) is -0.00456. The number of rotatable bonds is 4. The third-order valence-corrected chi connectivity index (χ3v) is 7.23. The largest absolute Gasteiger partial charge is 0.412 e. The molecular weight excluding hydrogens is 448 g/mol. The third kappa shape index (κ3) is 9.95. The molecule has 1 aromatic rings. The lowest BCUT2D eigenvalue weighted by Crippen LogP contribution is -2.50. The number of carbonyl (C=O) groups is 1. The summed E-state index contributed by atoms with van der Waals surface area (Å²) < 4.78 is 8.42. The van der Waals surface area contributed by atoms with Gasteiger partial charge in [0, 0.05) is 36.6 Å². The molecule has 0 saturated carbocycles. The van der Waals surface area contributed by atoms with Gasteiger partial charge in [-0.2, -0.15) is 5.06 Å². The maximum atomic E-state index is 9.49. The highest BCUT2D eigenvalue weighted by molar-refractivity contribution is 7.97. The number of likely N-dealkylation sites (N-methyl/N-ethyl adjacent to an activating group) is 2. The molecule has 11 heteroatoms. The Kier molecular flexibility index (Phi) is 15.9. The van der Waals surface area contributed by atoms with E-state index in [0.717, 1.165) is 58.5 Å². The van der Waals surface area contributed by atoms with Crippen LogP contribution in [0.15, 0.2) is 35.2 Å². The second kappa shape index (κ2) is 16.5. The first-order chi connectivity index (χ1) is 15.0. The molecule has 3 saturated heterocycles. The highest BCUT2D eigenvalue weighted by Crippen LogP contribution is 2.39. The van der Waals surface area contributed by atoms with E-state index in [1.54, 1.807) is 11.9 Å². The normalized spacial score (nSPS) is 26.2. The second-order valence-electron chi connectivity index (χ2n) is 8.21. The van der Waals surface area contributed by atoms with Crippen LogP contribution < -0.4 is 10.6 Å². The maximum absolute atomic E-state index is 9.49. The van der Waals surface area contributed by atoms with Crippen LogP contribution >= 0.6 is 11.9 Å². The molecule has 8 N–H and O–H groups in total. The molecule has 1 aromatic carbocycles. The van der Waals surface area contributed by atoms with Crippen LogP contribution in [0.3, 0.4) is 0 Å². The summed E-state index contributed by atoms with van der Waals surface area (Å²) in [6, 6.07) is 11.2. The molecule has 192 valence electrons. The Morgan fingerprint density at radius 3 is 2.42 bits per heavy atom. The number of carbonyl (C=O) groups excluding carboxylic acids is 1. The minimum atomic E-state index is -0.156. The smallest absolute Gasteiger partial charge is 0.106 e. The first kappa shape index (κ1) is 31.9. The van der Waals surface area contributed by atoms with Crippen molar-refractivity contribution in [2.24, 2.45) is 0 Å². The molecule has 4 rings (SSSR count). The van der Waals surface area contributed by atoms with Crippen molar-refractivity contribution in [3.63, 3.8) is 0 Å². The number of hydrogen-bond donors (Lipinski definition) is 4. The van der Waals surface area contributed by atoms with E-state index in [4.69, 9.17) is 9.53 Å². The topological polar surface area (TPSA) is 160 Å². The molecule has 0 bridgehead atoms. The predicted octanol–water partition coefficient (Wildman–Crippen LogP) is -0.267. The van der Waals surface area contributed by atoms with Gasteiger partial charge in [-0.25, -0.2) is 4.31 Å². The molecule has 0 unspecified atom stereocenters. The fourth-order valence-corrected chi connectivity index (χ4v) is 5.06. The van der Waals surface area contributed by atoms with Crippen molar-refractivity contribution < 1.29 is 30.8 Å². The minimum absolute atomic E-state index is 0. The number of hydrogen-bond acceptors (Lipinski definition) is 9. The number of benzene rings is 1. The van der Waals surface area contributed by atoms with Gasteiger partial charge in [-0.3, -0.25) is 0 Å². The van der Waals surface area contributed by atoms with Crippen LogP contribution in [0, 0.1) is 0 Å². The van der Waals surface area contributed by atoms with E-state index in [0.29, 0.717) is 6.04 Å². The second-order valence-corrected chi connectivity index (χ2v) is 9.44. The van der Waals surface area contributed by atoms with Crippen molar-refractivity contribution in [3.05, 3.63) is 30.3 Å². The zero-order valence-electron chi connectivity index (χ0n) is 19.7. The molecule has 0 amide bonds. The van der Waals surface area contributed by atoms with E-state index >= 15 is 0 Å². The van der Waals surface area contributed by atoms with E-state index < -0.39 is 0 Å². The van der Waals surface area contributed by atoms with Crippen LogP contribution in [0.1, 0.15) is 25.7 Å². The summed E-state index contributed by atoms with van der Waals surface area (Å²) in [6.07, 6.45) is 3.65. The fourth-order valence-electron chi connectivity index (χ4n) is 4.17. The molecular formula is C22H42N4O6S. The molecule has 3 heterocycles. The van der Waals surface area contributed by atoms with Gasteiger partial charge in [-0.1, -0.05) is 18.2 Å². The van der Waals surface area contributed by atoms with Crippen LogP contribution in [0.4, 0.5) is 0 Å². The Labute approximate surface area is 201 Å². The number of piperidine rings is 2. The van der Waals surface area contributed by atoms with Gasteiger partial charge in [0.1, 0.15) is 6.79 Å². The Morgan fingerprint density at radius 2 is 1.88 bits per heavy atom. The van der Waals surface area contributed by atoms with Crippen molar-refractivity contribution in [2.45, 2.75) is 54.4 Å². The van der Waals surface area contributed by atoms with Gasteiger partial charge in [0.2, 0.25) is 0 Å². The average molecular weight is 491 g/mol. The summed E-state index contributed by atoms with van der Waals surface area (Å²) in [5, 5.41) is 26.4. The quantitative estimate of drug-likeness (QED) is 0.417. The van der Waals surface area contributed by atoms with Crippen LogP contribution in [-0.2, 0) is 9.53 Å². The first-order valence-electron chi connectivity index (χ1n) is 10.9. The SMILES string of the molecule is C=O.CN(Sc1ccccc1)[C@H]1COC2(CCN(O)CC2)C1.CN[C@@H]1CNCC[C@@H]1O.O.O. The molecule has 33 heavy (non-hydrogen) atoms. The maximum Gasteiger partial charge on any atom is 0.106 e. The number of ether oxygens (including phenoxy) is 1. The number of aliphatic hydroxyl groups excluding tert-OH is 1. The summed E-state index contributed by atoms with van der Waals surface area (Å²) in [7, 11) is 4.02. The van der Waals surface area contributed by atoms with Crippen LogP contribution in [0.2, 0.25) is 0 Å². The fraction of sp³-hybridized carbons (Fsp3) is 0.682. The first-order valence-corrected chi connectivity index (χ1v) is 11.7. The van der Waals surface area contributed by atoms with Gasteiger partial charge in [0.15, 0.2) is 0 Å². The summed E-state index contributed by atoms with van der Waals surface area (Å²) in [6.45, 7) is 6.07. The standard InChI is InChI=1S/C15H22N2O2S.C6H14N2O.CH2O.2H2O/c1-16(20-14-5-3-2-4-6-14)13-11-15(19-12-13)7-9-17(18)10-8-15;1-7-5-4-8-3-2-6(5)9;1-2;;/h2-6,13,18H,7-12H2,1H3;5-9H,2-4H2,1H3;1H2;2*1H2/t13-;5-,6+;;;/m11.../s1. The molecule has 3 aliphatic heterocycles. The highest BCUT2D eigenvalue weighted by Gasteiger charge is 2.43. The van der Waals surface area contributed by atoms with Crippen LogP contribution in [0.25, 0.3) is 0 Å². The van der Waals surface area contributed by atoms with Crippen molar-refractivity contribution in [2.75, 3.05) is 46.9 Å². The van der Waals surface area contributed by atoms with E-state index in [2.05, 4.69) is 46.3 Å². The van der Waals surface area contributed by atoms with E-state index in [1.165, 1.54) is 9.96 Å². The number of aliphatic hydroxyl groups is 1.